The van der Waals surface area contributed by atoms with E-state index >= 15 is 0 Å². The Balaban J connectivity index is 2.47. The lowest BCUT2D eigenvalue weighted by atomic mass is 10.0. The van der Waals surface area contributed by atoms with Crippen LogP contribution in [0.1, 0.15) is 147 Å². The first-order chi connectivity index (χ1) is 19.8. The number of carboxylic acids is 2. The van der Waals surface area contributed by atoms with Gasteiger partial charge in [0.2, 0.25) is 0 Å². The van der Waals surface area contributed by atoms with Crippen LogP contribution in [0.3, 0.4) is 0 Å². The highest BCUT2D eigenvalue weighted by molar-refractivity contribution is 5.77. The molecule has 2 N–H and O–H groups in total. The van der Waals surface area contributed by atoms with Gasteiger partial charge in [-0.25, -0.2) is 0 Å². The summed E-state index contributed by atoms with van der Waals surface area (Å²) in [5.74, 6) is -2.85. The highest BCUT2D eigenvalue weighted by Crippen LogP contribution is 2.33. The van der Waals surface area contributed by atoms with E-state index in [1.54, 1.807) is 12.1 Å². The highest BCUT2D eigenvalue weighted by Gasteiger charge is 2.18. The quantitative estimate of drug-likeness (QED) is 0.0639. The summed E-state index contributed by atoms with van der Waals surface area (Å²) in [6, 6.07) is 5.12. The zero-order chi connectivity index (χ0) is 30.1. The van der Waals surface area contributed by atoms with Crippen molar-refractivity contribution in [3.63, 3.8) is 0 Å². The van der Waals surface area contributed by atoms with Crippen molar-refractivity contribution in [3.8, 4) is 11.5 Å². The molecule has 0 aliphatic heterocycles. The number of carboxylic acid groups (broad SMARTS) is 2. The summed E-state index contributed by atoms with van der Waals surface area (Å²) in [6.45, 7) is 2.25. The van der Waals surface area contributed by atoms with Gasteiger partial charge in [-0.3, -0.25) is 19.2 Å². The van der Waals surface area contributed by atoms with Gasteiger partial charge in [0, 0.05) is 25.7 Å². The molecule has 232 valence electrons. The minimum Gasteiger partial charge on any atom is -0.481 e. The molecule has 0 saturated heterocycles. The molecule has 0 radical (unpaired) electrons. The van der Waals surface area contributed by atoms with Gasteiger partial charge in [0.1, 0.15) is 0 Å². The van der Waals surface area contributed by atoms with Crippen molar-refractivity contribution in [2.24, 2.45) is 0 Å². The van der Waals surface area contributed by atoms with E-state index in [4.69, 9.17) is 19.7 Å². The number of aryl methyl sites for hydroxylation is 1. The number of esters is 2. The molecule has 1 aromatic rings. The second-order valence-electron chi connectivity index (χ2n) is 10.9. The van der Waals surface area contributed by atoms with Crippen LogP contribution < -0.4 is 9.47 Å². The van der Waals surface area contributed by atoms with E-state index < -0.39 is 23.9 Å². The first-order valence-corrected chi connectivity index (χ1v) is 15.8. The van der Waals surface area contributed by atoms with E-state index in [9.17, 15) is 19.2 Å². The summed E-state index contributed by atoms with van der Waals surface area (Å²) >= 11 is 0. The van der Waals surface area contributed by atoms with Gasteiger partial charge in [-0.1, -0.05) is 109 Å². The summed E-state index contributed by atoms with van der Waals surface area (Å²) in [7, 11) is 0. The van der Waals surface area contributed by atoms with Gasteiger partial charge in [0.25, 0.3) is 0 Å². The average Bonchev–Trinajstić information content (AvgIpc) is 2.92. The second kappa shape index (κ2) is 23.8. The van der Waals surface area contributed by atoms with Gasteiger partial charge < -0.3 is 19.7 Å². The van der Waals surface area contributed by atoms with Crippen molar-refractivity contribution in [1.29, 1.82) is 0 Å². The number of carbonyl (C=O) groups is 4. The predicted octanol–water partition coefficient (Wildman–Crippen LogP) is 8.42. The first kappa shape index (κ1) is 36.1. The number of para-hydroxylation sites is 1. The lowest BCUT2D eigenvalue weighted by Gasteiger charge is -2.15. The smallest absolute Gasteiger partial charge is 0.311 e. The number of carbonyl (C=O) groups excluding carboxylic acids is 2. The Kier molecular flexibility index (Phi) is 20.9. The maximum Gasteiger partial charge on any atom is 0.311 e. The molecule has 8 heteroatoms. The molecule has 0 heterocycles. The molecular formula is C33H52O8. The van der Waals surface area contributed by atoms with Crippen molar-refractivity contribution < 1.29 is 38.9 Å². The van der Waals surface area contributed by atoms with Crippen molar-refractivity contribution >= 4 is 23.9 Å². The molecule has 0 atom stereocenters. The molecule has 1 aromatic carbocycles. The zero-order valence-electron chi connectivity index (χ0n) is 25.1. The van der Waals surface area contributed by atoms with Crippen LogP contribution in [0.25, 0.3) is 0 Å². The number of aliphatic carboxylic acids is 2. The van der Waals surface area contributed by atoms with Crippen molar-refractivity contribution in [3.05, 3.63) is 23.8 Å². The van der Waals surface area contributed by atoms with Gasteiger partial charge in [0.15, 0.2) is 11.5 Å². The average molecular weight is 577 g/mol. The fourth-order valence-electron chi connectivity index (χ4n) is 4.75. The zero-order valence-corrected chi connectivity index (χ0v) is 25.1. The Morgan fingerprint density at radius 2 is 1.00 bits per heavy atom. The molecule has 41 heavy (non-hydrogen) atoms. The third-order valence-corrected chi connectivity index (χ3v) is 7.09. The van der Waals surface area contributed by atoms with Crippen LogP contribution in [0.4, 0.5) is 0 Å². The number of ether oxygens (including phenoxy) is 2. The molecule has 0 aromatic heterocycles. The summed E-state index contributed by atoms with van der Waals surface area (Å²) < 4.78 is 11.0. The molecular weight excluding hydrogens is 524 g/mol. The largest absolute Gasteiger partial charge is 0.481 e. The molecule has 0 aliphatic carbocycles. The van der Waals surface area contributed by atoms with Gasteiger partial charge >= 0.3 is 23.9 Å². The summed E-state index contributed by atoms with van der Waals surface area (Å²) in [5, 5.41) is 17.6. The van der Waals surface area contributed by atoms with Crippen molar-refractivity contribution in [1.82, 2.24) is 0 Å². The van der Waals surface area contributed by atoms with Crippen LogP contribution in [-0.2, 0) is 25.6 Å². The summed E-state index contributed by atoms with van der Waals surface area (Å²) in [5.41, 5.74) is 0.752. The van der Waals surface area contributed by atoms with Crippen LogP contribution >= 0.6 is 0 Å². The number of hydrogen-bond acceptors (Lipinski definition) is 6. The van der Waals surface area contributed by atoms with Crippen LogP contribution in [-0.4, -0.2) is 34.1 Å². The standard InChI is InChI=1S/C33H52O8/c1-2-3-4-5-6-7-8-9-10-11-12-13-14-15-16-20-27-21-17-22-28(40-31(38)25-18-23-29(34)35)33(27)41-32(39)26-19-24-30(36)37/h17,21-22H,2-16,18-20,23-26H2,1H3,(H,34,35)(H,36,37). The fourth-order valence-corrected chi connectivity index (χ4v) is 4.75. The van der Waals surface area contributed by atoms with E-state index in [-0.39, 0.29) is 50.0 Å². The third-order valence-electron chi connectivity index (χ3n) is 7.09. The number of unbranched alkanes of at least 4 members (excludes halogenated alkanes) is 14. The van der Waals surface area contributed by atoms with Gasteiger partial charge in [-0.2, -0.15) is 0 Å². The van der Waals surface area contributed by atoms with Crippen LogP contribution in [0, 0.1) is 0 Å². The first-order valence-electron chi connectivity index (χ1n) is 15.8. The monoisotopic (exact) mass is 576 g/mol. The van der Waals surface area contributed by atoms with Crippen LogP contribution in [0.2, 0.25) is 0 Å². The Labute approximate surface area is 246 Å². The summed E-state index contributed by atoms with van der Waals surface area (Å²) in [4.78, 5) is 46.2. The van der Waals surface area contributed by atoms with Gasteiger partial charge in [-0.05, 0) is 37.3 Å². The lowest BCUT2D eigenvalue weighted by Crippen LogP contribution is -2.14. The maximum atomic E-state index is 12.4. The predicted molar refractivity (Wildman–Crippen MR) is 159 cm³/mol. The number of rotatable bonds is 26. The van der Waals surface area contributed by atoms with Crippen LogP contribution in [0.15, 0.2) is 18.2 Å². The lowest BCUT2D eigenvalue weighted by molar-refractivity contribution is -0.140. The Hall–Kier alpha value is -2.90. The number of benzene rings is 1. The molecule has 0 aliphatic rings. The number of hydrogen-bond donors (Lipinski definition) is 2. The Morgan fingerprint density at radius 3 is 1.46 bits per heavy atom. The van der Waals surface area contributed by atoms with E-state index in [1.807, 2.05) is 6.07 Å². The highest BCUT2D eigenvalue weighted by atomic mass is 16.6. The Bertz CT molecular complexity index is 895. The minimum absolute atomic E-state index is 0.0639. The van der Waals surface area contributed by atoms with Crippen LogP contribution in [0.5, 0.6) is 11.5 Å². The van der Waals surface area contributed by atoms with E-state index in [0.29, 0.717) is 6.42 Å². The normalized spacial score (nSPS) is 10.9. The second-order valence-corrected chi connectivity index (χ2v) is 10.9. The molecule has 0 unspecified atom stereocenters. The fraction of sp³-hybridized carbons (Fsp3) is 0.697. The van der Waals surface area contributed by atoms with E-state index in [1.165, 1.54) is 77.0 Å². The van der Waals surface area contributed by atoms with Crippen molar-refractivity contribution in [2.45, 2.75) is 148 Å². The molecule has 0 fully saturated rings. The maximum absolute atomic E-state index is 12.4. The summed E-state index contributed by atoms with van der Waals surface area (Å²) in [6.07, 6.45) is 19.6. The minimum atomic E-state index is -0.987. The van der Waals surface area contributed by atoms with Crippen molar-refractivity contribution in [2.75, 3.05) is 0 Å². The van der Waals surface area contributed by atoms with Gasteiger partial charge in [-0.15, -0.1) is 0 Å². The van der Waals surface area contributed by atoms with E-state index in [2.05, 4.69) is 6.92 Å². The molecule has 8 nitrogen and oxygen atoms in total. The Morgan fingerprint density at radius 1 is 0.561 bits per heavy atom. The molecule has 0 amide bonds. The molecule has 0 saturated carbocycles. The molecule has 1 rings (SSSR count). The SMILES string of the molecule is CCCCCCCCCCCCCCCCCc1cccc(OC(=O)CCCC(=O)O)c1OC(=O)CCCC(=O)O. The molecule has 0 spiro atoms. The topological polar surface area (TPSA) is 127 Å². The molecule has 0 bridgehead atoms. The van der Waals surface area contributed by atoms with Gasteiger partial charge in [0.05, 0.1) is 0 Å². The third kappa shape index (κ3) is 19.8. The van der Waals surface area contributed by atoms with E-state index in [0.717, 1.165) is 24.8 Å².